The number of halogens is 1. The highest BCUT2D eigenvalue weighted by molar-refractivity contribution is 6.30. The molecule has 2 aromatic carbocycles. The first-order chi connectivity index (χ1) is 11.8. The number of benzene rings is 2. The van der Waals surface area contributed by atoms with Crippen molar-refractivity contribution in [1.82, 2.24) is 9.97 Å². The molecule has 0 spiro atoms. The van der Waals surface area contributed by atoms with E-state index in [0.717, 1.165) is 35.8 Å². The fraction of sp³-hybridized carbons (Fsp3) is 0.250. The van der Waals surface area contributed by atoms with Crippen LogP contribution in [0.15, 0.2) is 60.8 Å². The molecule has 0 fully saturated rings. The number of aryl methyl sites for hydroxylation is 1. The average Bonchev–Trinajstić information content (AvgIpc) is 3.05. The number of nitrogens with two attached hydrogens (primary N) is 1. The Balaban J connectivity index is 1.78. The predicted molar refractivity (Wildman–Crippen MR) is 99.4 cm³/mol. The van der Waals surface area contributed by atoms with Crippen molar-refractivity contribution in [3.8, 4) is 0 Å². The van der Waals surface area contributed by atoms with Crippen molar-refractivity contribution in [2.45, 2.75) is 25.2 Å². The van der Waals surface area contributed by atoms with E-state index in [1.54, 1.807) is 0 Å². The summed E-state index contributed by atoms with van der Waals surface area (Å²) >= 11 is 6.04. The summed E-state index contributed by atoms with van der Waals surface area (Å²) in [5.41, 5.74) is 9.29. The number of nitrogens with zero attached hydrogens (tertiary/aromatic N) is 1. The van der Waals surface area contributed by atoms with Gasteiger partial charge >= 0.3 is 0 Å². The molecule has 3 N–H and O–H groups in total. The number of imidazole rings is 1. The molecule has 124 valence electrons. The molecule has 3 aromatic rings. The molecule has 4 heteroatoms. The second-order valence-corrected chi connectivity index (χ2v) is 6.38. The minimum atomic E-state index is 0.325. The van der Waals surface area contributed by atoms with E-state index < -0.39 is 0 Å². The van der Waals surface area contributed by atoms with Gasteiger partial charge in [0, 0.05) is 35.7 Å². The Morgan fingerprint density at radius 2 is 1.67 bits per heavy atom. The van der Waals surface area contributed by atoms with Gasteiger partial charge in [-0.2, -0.15) is 0 Å². The molecule has 1 atom stereocenters. The van der Waals surface area contributed by atoms with Crippen LogP contribution in [0.1, 0.15) is 35.0 Å². The zero-order chi connectivity index (χ0) is 16.8. The number of hydrogen-bond donors (Lipinski definition) is 2. The Kier molecular flexibility index (Phi) is 5.68. The maximum absolute atomic E-state index is 6.04. The second kappa shape index (κ2) is 8.13. The van der Waals surface area contributed by atoms with E-state index in [1.807, 2.05) is 24.4 Å². The SMILES string of the molecule is NCCc1cnc(CCC(c2ccccc2)c2ccc(Cl)cc2)[nH]1. The third-order valence-corrected chi connectivity index (χ3v) is 4.49. The largest absolute Gasteiger partial charge is 0.346 e. The van der Waals surface area contributed by atoms with Crippen molar-refractivity contribution in [3.63, 3.8) is 0 Å². The maximum atomic E-state index is 6.04. The van der Waals surface area contributed by atoms with Crippen LogP contribution in [0.3, 0.4) is 0 Å². The van der Waals surface area contributed by atoms with Crippen molar-refractivity contribution in [3.05, 3.63) is 88.5 Å². The van der Waals surface area contributed by atoms with E-state index in [-0.39, 0.29) is 0 Å². The lowest BCUT2D eigenvalue weighted by molar-refractivity contribution is 0.694. The van der Waals surface area contributed by atoms with Crippen LogP contribution in [0.25, 0.3) is 0 Å². The van der Waals surface area contributed by atoms with Crippen molar-refractivity contribution in [2.75, 3.05) is 6.54 Å². The fourth-order valence-electron chi connectivity index (χ4n) is 3.00. The van der Waals surface area contributed by atoms with Gasteiger partial charge in [0.05, 0.1) is 0 Å². The molecule has 1 unspecified atom stereocenters. The fourth-order valence-corrected chi connectivity index (χ4v) is 3.13. The van der Waals surface area contributed by atoms with Gasteiger partial charge in [-0.25, -0.2) is 4.98 Å². The van der Waals surface area contributed by atoms with Crippen LogP contribution in [0.5, 0.6) is 0 Å². The minimum absolute atomic E-state index is 0.325. The molecule has 0 aliphatic heterocycles. The molecule has 3 nitrogen and oxygen atoms in total. The van der Waals surface area contributed by atoms with Gasteiger partial charge in [0.1, 0.15) is 5.82 Å². The summed E-state index contributed by atoms with van der Waals surface area (Å²) in [5.74, 6) is 1.35. The van der Waals surface area contributed by atoms with Crippen LogP contribution in [0, 0.1) is 0 Å². The highest BCUT2D eigenvalue weighted by atomic mass is 35.5. The van der Waals surface area contributed by atoms with Crippen molar-refractivity contribution in [2.24, 2.45) is 5.73 Å². The van der Waals surface area contributed by atoms with Crippen LogP contribution in [-0.4, -0.2) is 16.5 Å². The summed E-state index contributed by atoms with van der Waals surface area (Å²) in [4.78, 5) is 7.85. The van der Waals surface area contributed by atoms with Gasteiger partial charge in [0.25, 0.3) is 0 Å². The molecule has 0 aliphatic carbocycles. The van der Waals surface area contributed by atoms with Crippen LogP contribution < -0.4 is 5.73 Å². The van der Waals surface area contributed by atoms with Gasteiger partial charge in [-0.15, -0.1) is 0 Å². The van der Waals surface area contributed by atoms with Gasteiger partial charge < -0.3 is 10.7 Å². The molecule has 0 saturated heterocycles. The number of aromatic nitrogens is 2. The number of H-pyrrole nitrogens is 1. The monoisotopic (exact) mass is 339 g/mol. The lowest BCUT2D eigenvalue weighted by atomic mass is 9.87. The Labute approximate surface area is 147 Å². The van der Waals surface area contributed by atoms with Gasteiger partial charge in [-0.1, -0.05) is 54.1 Å². The molecular weight excluding hydrogens is 318 g/mol. The molecule has 0 radical (unpaired) electrons. The smallest absolute Gasteiger partial charge is 0.106 e. The lowest BCUT2D eigenvalue weighted by Gasteiger charge is -2.17. The van der Waals surface area contributed by atoms with Crippen LogP contribution >= 0.6 is 11.6 Å². The number of aromatic amines is 1. The summed E-state index contributed by atoms with van der Waals surface area (Å²) in [6, 6.07) is 18.7. The van der Waals surface area contributed by atoms with E-state index in [1.165, 1.54) is 11.1 Å². The second-order valence-electron chi connectivity index (χ2n) is 5.95. The van der Waals surface area contributed by atoms with E-state index in [9.17, 15) is 0 Å². The first kappa shape index (κ1) is 16.7. The predicted octanol–water partition coefficient (Wildman–Crippen LogP) is 4.33. The minimum Gasteiger partial charge on any atom is -0.346 e. The van der Waals surface area contributed by atoms with Gasteiger partial charge in [0.15, 0.2) is 0 Å². The van der Waals surface area contributed by atoms with Gasteiger partial charge in [-0.3, -0.25) is 0 Å². The summed E-state index contributed by atoms with van der Waals surface area (Å²) in [7, 11) is 0. The molecule has 1 heterocycles. The van der Waals surface area contributed by atoms with Gasteiger partial charge in [0.2, 0.25) is 0 Å². The van der Waals surface area contributed by atoms with Crippen LogP contribution in [-0.2, 0) is 12.8 Å². The highest BCUT2D eigenvalue weighted by Gasteiger charge is 2.15. The Morgan fingerprint density at radius 1 is 0.958 bits per heavy atom. The number of nitrogens with one attached hydrogen (secondary N) is 1. The van der Waals surface area contributed by atoms with Crippen LogP contribution in [0.4, 0.5) is 0 Å². The first-order valence-corrected chi connectivity index (χ1v) is 8.67. The zero-order valence-corrected chi connectivity index (χ0v) is 14.3. The van der Waals surface area contributed by atoms with Crippen molar-refractivity contribution >= 4 is 11.6 Å². The molecule has 3 rings (SSSR count). The molecule has 24 heavy (non-hydrogen) atoms. The Bertz CT molecular complexity index is 750. The summed E-state index contributed by atoms with van der Waals surface area (Å²) in [6.45, 7) is 0.638. The van der Waals surface area contributed by atoms with E-state index >= 15 is 0 Å². The zero-order valence-electron chi connectivity index (χ0n) is 13.6. The van der Waals surface area contributed by atoms with Crippen LogP contribution in [0.2, 0.25) is 5.02 Å². The number of hydrogen-bond acceptors (Lipinski definition) is 2. The summed E-state index contributed by atoms with van der Waals surface area (Å²) in [5, 5.41) is 0.767. The third-order valence-electron chi connectivity index (χ3n) is 4.24. The normalized spacial score (nSPS) is 12.2. The van der Waals surface area contributed by atoms with E-state index in [2.05, 4.69) is 46.4 Å². The lowest BCUT2D eigenvalue weighted by Crippen LogP contribution is -2.05. The highest BCUT2D eigenvalue weighted by Crippen LogP contribution is 2.29. The van der Waals surface area contributed by atoms with Crippen molar-refractivity contribution in [1.29, 1.82) is 0 Å². The molecule has 0 saturated carbocycles. The van der Waals surface area contributed by atoms with E-state index in [4.69, 9.17) is 17.3 Å². The number of rotatable bonds is 7. The maximum Gasteiger partial charge on any atom is 0.106 e. The molecule has 0 aliphatic rings. The summed E-state index contributed by atoms with van der Waals surface area (Å²) in [6.07, 6.45) is 4.61. The molecule has 0 bridgehead atoms. The Hall–Kier alpha value is -2.10. The first-order valence-electron chi connectivity index (χ1n) is 8.29. The standard InChI is InChI=1S/C20H22ClN3/c21-17-8-6-16(7-9-17)19(15-4-2-1-3-5-15)10-11-20-23-14-18(24-20)12-13-22/h1-9,14,19H,10-13,22H2,(H,23,24). The van der Waals surface area contributed by atoms with E-state index in [0.29, 0.717) is 12.5 Å². The molecule has 0 amide bonds. The average molecular weight is 340 g/mol. The Morgan fingerprint density at radius 3 is 2.38 bits per heavy atom. The summed E-state index contributed by atoms with van der Waals surface area (Å²) < 4.78 is 0. The third kappa shape index (κ3) is 4.25. The molecular formula is C20H22ClN3. The van der Waals surface area contributed by atoms with Gasteiger partial charge in [-0.05, 0) is 36.2 Å². The molecule has 1 aromatic heterocycles. The topological polar surface area (TPSA) is 54.7 Å². The van der Waals surface area contributed by atoms with Crippen molar-refractivity contribution < 1.29 is 0 Å². The quantitative estimate of drug-likeness (QED) is 0.673.